The molecule has 150 valence electrons. The molecule has 0 radical (unpaired) electrons. The summed E-state index contributed by atoms with van der Waals surface area (Å²) in [6.45, 7) is 0. The van der Waals surface area contributed by atoms with E-state index < -0.39 is 24.0 Å². The van der Waals surface area contributed by atoms with Crippen molar-refractivity contribution in [3.63, 3.8) is 0 Å². The van der Waals surface area contributed by atoms with E-state index in [0.29, 0.717) is 5.69 Å². The zero-order chi connectivity index (χ0) is 21.0. The first-order valence-electron chi connectivity index (χ1n) is 9.73. The molecule has 4 aromatic rings. The van der Waals surface area contributed by atoms with E-state index >= 15 is 0 Å². The molecule has 0 fully saturated rings. The monoisotopic (exact) mass is 398 g/mol. The molecule has 5 heteroatoms. The number of nitrogens with zero attached hydrogens (tertiary/aromatic N) is 2. The van der Waals surface area contributed by atoms with Crippen LogP contribution in [0.4, 0.5) is 0 Å². The Labute approximate surface area is 174 Å². The van der Waals surface area contributed by atoms with Crippen molar-refractivity contribution < 1.29 is 15.0 Å². The smallest absolute Gasteiger partial charge is 0.306 e. The number of benzene rings is 3. The standard InChI is InChI=1S/C25H22N2O3/c28-23(16-24(29)30)22-17-27(18-26-22)25(19-10-4-1-5-11-19,20-12-6-2-7-13-20)21-14-8-3-9-15-21/h1-15,17-18,23,28H,16H2,(H,29,30). The highest BCUT2D eigenvalue weighted by Crippen LogP contribution is 2.41. The van der Waals surface area contributed by atoms with Crippen LogP contribution in [0.15, 0.2) is 104 Å². The van der Waals surface area contributed by atoms with Gasteiger partial charge in [-0.15, -0.1) is 0 Å². The second-order valence-corrected chi connectivity index (χ2v) is 7.13. The van der Waals surface area contributed by atoms with Crippen molar-refractivity contribution in [3.8, 4) is 0 Å². The number of carboxylic acids is 1. The maximum Gasteiger partial charge on any atom is 0.306 e. The van der Waals surface area contributed by atoms with Gasteiger partial charge in [0, 0.05) is 6.20 Å². The Hall–Kier alpha value is -3.70. The Morgan fingerprint density at radius 1 is 0.833 bits per heavy atom. The largest absolute Gasteiger partial charge is 0.481 e. The minimum Gasteiger partial charge on any atom is -0.481 e. The first kappa shape index (κ1) is 19.6. The van der Waals surface area contributed by atoms with Gasteiger partial charge in [-0.1, -0.05) is 91.0 Å². The molecule has 0 aliphatic heterocycles. The lowest BCUT2D eigenvalue weighted by molar-refractivity contribution is -0.139. The zero-order valence-corrected chi connectivity index (χ0v) is 16.3. The molecular weight excluding hydrogens is 376 g/mol. The number of aliphatic hydroxyl groups excluding tert-OH is 1. The Morgan fingerprint density at radius 2 is 1.27 bits per heavy atom. The number of hydrogen-bond acceptors (Lipinski definition) is 3. The molecule has 3 aromatic carbocycles. The number of hydrogen-bond donors (Lipinski definition) is 2. The summed E-state index contributed by atoms with van der Waals surface area (Å²) in [4.78, 5) is 15.4. The van der Waals surface area contributed by atoms with Gasteiger partial charge in [-0.2, -0.15) is 0 Å². The van der Waals surface area contributed by atoms with Gasteiger partial charge in [0.25, 0.3) is 0 Å². The van der Waals surface area contributed by atoms with Gasteiger partial charge in [-0.25, -0.2) is 4.98 Å². The molecule has 0 amide bonds. The Bertz CT molecular complexity index is 1010. The summed E-state index contributed by atoms with van der Waals surface area (Å²) in [5, 5.41) is 19.4. The van der Waals surface area contributed by atoms with E-state index in [9.17, 15) is 9.90 Å². The highest BCUT2D eigenvalue weighted by atomic mass is 16.4. The van der Waals surface area contributed by atoms with Crippen LogP contribution in [0.3, 0.4) is 0 Å². The van der Waals surface area contributed by atoms with Crippen molar-refractivity contribution in [1.29, 1.82) is 0 Å². The lowest BCUT2D eigenvalue weighted by atomic mass is 9.77. The third-order valence-electron chi connectivity index (χ3n) is 5.27. The first-order chi connectivity index (χ1) is 14.6. The van der Waals surface area contributed by atoms with Crippen LogP contribution in [-0.2, 0) is 10.3 Å². The summed E-state index contributed by atoms with van der Waals surface area (Å²) in [7, 11) is 0. The molecule has 0 bridgehead atoms. The average Bonchev–Trinajstić information content (AvgIpc) is 3.27. The second kappa shape index (κ2) is 8.35. The fourth-order valence-corrected chi connectivity index (χ4v) is 3.95. The fourth-order valence-electron chi connectivity index (χ4n) is 3.95. The van der Waals surface area contributed by atoms with Crippen LogP contribution in [0, 0.1) is 0 Å². The van der Waals surface area contributed by atoms with Crippen molar-refractivity contribution in [2.45, 2.75) is 18.1 Å². The summed E-state index contributed by atoms with van der Waals surface area (Å²) >= 11 is 0. The molecule has 1 aromatic heterocycles. The summed E-state index contributed by atoms with van der Waals surface area (Å²) in [6, 6.07) is 30.3. The lowest BCUT2D eigenvalue weighted by Crippen LogP contribution is -2.37. The van der Waals surface area contributed by atoms with Crippen LogP contribution < -0.4 is 0 Å². The van der Waals surface area contributed by atoms with E-state index in [-0.39, 0.29) is 0 Å². The molecule has 0 spiro atoms. The van der Waals surface area contributed by atoms with Gasteiger partial charge in [0.1, 0.15) is 11.6 Å². The number of aliphatic carboxylic acids is 1. The number of rotatable bonds is 7. The van der Waals surface area contributed by atoms with Crippen molar-refractivity contribution in [3.05, 3.63) is 126 Å². The lowest BCUT2D eigenvalue weighted by Gasteiger charge is -2.37. The van der Waals surface area contributed by atoms with Crippen LogP contribution in [0.5, 0.6) is 0 Å². The molecular formula is C25H22N2O3. The van der Waals surface area contributed by atoms with E-state index in [1.165, 1.54) is 0 Å². The topological polar surface area (TPSA) is 75.3 Å². The molecule has 1 heterocycles. The van der Waals surface area contributed by atoms with Crippen LogP contribution in [0.25, 0.3) is 0 Å². The van der Waals surface area contributed by atoms with Gasteiger partial charge in [-0.05, 0) is 16.7 Å². The summed E-state index contributed by atoms with van der Waals surface area (Å²) in [6.07, 6.45) is 1.82. The van der Waals surface area contributed by atoms with Crippen molar-refractivity contribution in [2.24, 2.45) is 0 Å². The molecule has 1 atom stereocenters. The molecule has 5 nitrogen and oxygen atoms in total. The number of imidazole rings is 1. The van der Waals surface area contributed by atoms with Crippen LogP contribution in [0.2, 0.25) is 0 Å². The Morgan fingerprint density at radius 3 is 1.67 bits per heavy atom. The average molecular weight is 398 g/mol. The molecule has 0 saturated heterocycles. The number of carbonyl (C=O) groups is 1. The van der Waals surface area contributed by atoms with Gasteiger partial charge in [0.2, 0.25) is 0 Å². The summed E-state index contributed by atoms with van der Waals surface area (Å²) in [5.74, 6) is -1.07. The third kappa shape index (κ3) is 3.51. The van der Waals surface area contributed by atoms with Crippen LogP contribution >= 0.6 is 0 Å². The molecule has 1 unspecified atom stereocenters. The summed E-state index contributed by atoms with van der Waals surface area (Å²) in [5.41, 5.74) is 2.67. The van der Waals surface area contributed by atoms with Gasteiger partial charge in [0.15, 0.2) is 0 Å². The van der Waals surface area contributed by atoms with Gasteiger partial charge >= 0.3 is 5.97 Å². The highest BCUT2D eigenvalue weighted by molar-refractivity contribution is 5.67. The van der Waals surface area contributed by atoms with Crippen molar-refractivity contribution in [2.75, 3.05) is 0 Å². The number of aliphatic hydroxyl groups is 1. The van der Waals surface area contributed by atoms with E-state index in [2.05, 4.69) is 41.4 Å². The molecule has 0 aliphatic carbocycles. The zero-order valence-electron chi connectivity index (χ0n) is 16.3. The quantitative estimate of drug-likeness (QED) is 0.457. The minimum absolute atomic E-state index is 0.324. The van der Waals surface area contributed by atoms with E-state index in [1.54, 1.807) is 12.5 Å². The predicted molar refractivity (Wildman–Crippen MR) is 114 cm³/mol. The predicted octanol–water partition coefficient (Wildman–Crippen LogP) is 4.23. The number of carboxylic acid groups (broad SMARTS) is 1. The second-order valence-electron chi connectivity index (χ2n) is 7.13. The molecule has 0 aliphatic rings. The summed E-state index contributed by atoms with van der Waals surface area (Å²) < 4.78 is 1.95. The normalized spacial score (nSPS) is 12.4. The maximum atomic E-state index is 11.1. The van der Waals surface area contributed by atoms with Crippen molar-refractivity contribution >= 4 is 5.97 Å². The Kier molecular flexibility index (Phi) is 5.46. The fraction of sp³-hybridized carbons (Fsp3) is 0.120. The number of aromatic nitrogens is 2. The van der Waals surface area contributed by atoms with Gasteiger partial charge in [0.05, 0.1) is 18.4 Å². The van der Waals surface area contributed by atoms with Gasteiger partial charge in [-0.3, -0.25) is 4.79 Å². The van der Waals surface area contributed by atoms with E-state index in [4.69, 9.17) is 5.11 Å². The van der Waals surface area contributed by atoms with Crippen LogP contribution in [-0.4, -0.2) is 25.7 Å². The molecule has 2 N–H and O–H groups in total. The van der Waals surface area contributed by atoms with Gasteiger partial charge < -0.3 is 14.8 Å². The Balaban J connectivity index is 1.99. The molecule has 30 heavy (non-hydrogen) atoms. The van der Waals surface area contributed by atoms with Crippen LogP contribution in [0.1, 0.15) is 34.9 Å². The van der Waals surface area contributed by atoms with E-state index in [1.807, 2.05) is 59.2 Å². The SMILES string of the molecule is O=C(O)CC(O)c1cn(C(c2ccccc2)(c2ccccc2)c2ccccc2)cn1. The van der Waals surface area contributed by atoms with E-state index in [0.717, 1.165) is 16.7 Å². The third-order valence-corrected chi connectivity index (χ3v) is 5.27. The first-order valence-corrected chi connectivity index (χ1v) is 9.73. The molecule has 0 saturated carbocycles. The maximum absolute atomic E-state index is 11.1. The van der Waals surface area contributed by atoms with Crippen molar-refractivity contribution in [1.82, 2.24) is 9.55 Å². The minimum atomic E-state index is -1.18. The highest BCUT2D eigenvalue weighted by Gasteiger charge is 2.38. The molecule has 4 rings (SSSR count).